The highest BCUT2D eigenvalue weighted by atomic mass is 32.2. The quantitative estimate of drug-likeness (QED) is 0.726. The minimum absolute atomic E-state index is 0.107. The minimum Gasteiger partial charge on any atom is -0.326 e. The molecule has 0 saturated carbocycles. The summed E-state index contributed by atoms with van der Waals surface area (Å²) in [5.41, 5.74) is 1.29. The van der Waals surface area contributed by atoms with Crippen LogP contribution in [0.4, 0.5) is 10.8 Å². The number of dihydropyridines is 1. The van der Waals surface area contributed by atoms with Gasteiger partial charge in [-0.05, 0) is 30.5 Å². The first-order valence-electron chi connectivity index (χ1n) is 7.99. The topological polar surface area (TPSA) is 101 Å². The number of nitrogens with zero attached hydrogens (tertiary/aromatic N) is 2. The fourth-order valence-corrected chi connectivity index (χ4v) is 3.39. The Morgan fingerprint density at radius 1 is 1.22 bits per heavy atom. The molecule has 2 N–H and O–H groups in total. The number of carbonyl (C=O) groups is 3. The highest BCUT2D eigenvalue weighted by Crippen LogP contribution is 2.19. The van der Waals surface area contributed by atoms with E-state index >= 15 is 0 Å². The largest absolute Gasteiger partial charge is 0.326 e. The van der Waals surface area contributed by atoms with Crippen LogP contribution in [0.3, 0.4) is 0 Å². The van der Waals surface area contributed by atoms with Crippen LogP contribution in [0.15, 0.2) is 51.7 Å². The van der Waals surface area contributed by atoms with Crippen LogP contribution >= 0.6 is 23.1 Å². The van der Waals surface area contributed by atoms with E-state index in [0.29, 0.717) is 10.8 Å². The maximum absolute atomic E-state index is 12.1. The molecule has 1 aliphatic heterocycles. The van der Waals surface area contributed by atoms with Crippen LogP contribution in [0.2, 0.25) is 0 Å². The predicted octanol–water partition coefficient (Wildman–Crippen LogP) is 2.77. The number of anilines is 2. The van der Waals surface area contributed by atoms with Crippen molar-refractivity contribution in [3.8, 4) is 0 Å². The smallest absolute Gasteiger partial charge is 0.269 e. The van der Waals surface area contributed by atoms with E-state index in [1.165, 1.54) is 29.7 Å². The molecular formula is C18H16N4O3S2. The molecule has 0 saturated heterocycles. The van der Waals surface area contributed by atoms with Gasteiger partial charge in [0.1, 0.15) is 0 Å². The first kappa shape index (κ1) is 19.0. The second-order valence-corrected chi connectivity index (χ2v) is 7.33. The lowest BCUT2D eigenvalue weighted by Gasteiger charge is -2.08. The summed E-state index contributed by atoms with van der Waals surface area (Å²) < 4.78 is 0. The van der Waals surface area contributed by atoms with Crippen molar-refractivity contribution >= 4 is 57.9 Å². The third kappa shape index (κ3) is 5.35. The Bertz CT molecular complexity index is 903. The Morgan fingerprint density at radius 2 is 2.00 bits per heavy atom. The van der Waals surface area contributed by atoms with Gasteiger partial charge in [-0.3, -0.25) is 14.4 Å². The van der Waals surface area contributed by atoms with Crippen molar-refractivity contribution in [3.63, 3.8) is 0 Å². The molecule has 9 heteroatoms. The van der Waals surface area contributed by atoms with Gasteiger partial charge >= 0.3 is 0 Å². The number of aliphatic imine (C=N–C) groups is 1. The van der Waals surface area contributed by atoms with Gasteiger partial charge in [-0.2, -0.15) is 0 Å². The van der Waals surface area contributed by atoms with Gasteiger partial charge in [0, 0.05) is 28.3 Å². The summed E-state index contributed by atoms with van der Waals surface area (Å²) in [5.74, 6) is -1.51. The summed E-state index contributed by atoms with van der Waals surface area (Å²) in [6.45, 7) is 0. The van der Waals surface area contributed by atoms with Crippen LogP contribution in [0.1, 0.15) is 5.69 Å². The average Bonchev–Trinajstić information content (AvgIpc) is 3.09. The van der Waals surface area contributed by atoms with Crippen molar-refractivity contribution in [2.75, 3.05) is 16.9 Å². The van der Waals surface area contributed by atoms with Gasteiger partial charge in [-0.15, -0.1) is 23.1 Å². The van der Waals surface area contributed by atoms with Crippen LogP contribution in [-0.4, -0.2) is 35.2 Å². The maximum atomic E-state index is 12.1. The number of thiazole rings is 1. The van der Waals surface area contributed by atoms with Gasteiger partial charge in [-0.25, -0.2) is 9.98 Å². The van der Waals surface area contributed by atoms with Crippen molar-refractivity contribution in [1.82, 2.24) is 4.98 Å². The van der Waals surface area contributed by atoms with Crippen molar-refractivity contribution in [2.45, 2.75) is 11.3 Å². The zero-order valence-corrected chi connectivity index (χ0v) is 16.0. The molecule has 27 heavy (non-hydrogen) atoms. The molecule has 0 aliphatic carbocycles. The summed E-state index contributed by atoms with van der Waals surface area (Å²) in [6, 6.07) is 7.57. The molecule has 1 aromatic carbocycles. The van der Waals surface area contributed by atoms with E-state index in [1.807, 2.05) is 30.5 Å². The number of benzene rings is 1. The molecule has 1 aromatic heterocycles. The zero-order valence-electron chi connectivity index (χ0n) is 14.3. The fraction of sp³-hybridized carbons (Fsp3) is 0.167. The highest BCUT2D eigenvalue weighted by molar-refractivity contribution is 7.98. The molecule has 3 rings (SSSR count). The fourth-order valence-electron chi connectivity index (χ4n) is 2.27. The van der Waals surface area contributed by atoms with E-state index in [0.717, 1.165) is 10.6 Å². The maximum Gasteiger partial charge on any atom is 0.269 e. The van der Waals surface area contributed by atoms with Gasteiger partial charge in [0.15, 0.2) is 5.13 Å². The molecule has 2 heterocycles. The number of aromatic nitrogens is 1. The summed E-state index contributed by atoms with van der Waals surface area (Å²) in [4.78, 5) is 44.2. The summed E-state index contributed by atoms with van der Waals surface area (Å²) in [5, 5.41) is 7.60. The minimum atomic E-state index is -0.609. The molecule has 2 aromatic rings. The van der Waals surface area contributed by atoms with E-state index < -0.39 is 5.92 Å². The lowest BCUT2D eigenvalue weighted by atomic mass is 10.1. The zero-order chi connectivity index (χ0) is 19.2. The molecule has 0 fully saturated rings. The Labute approximate surface area is 164 Å². The highest BCUT2D eigenvalue weighted by Gasteiger charge is 2.18. The van der Waals surface area contributed by atoms with Gasteiger partial charge < -0.3 is 10.6 Å². The number of nitrogens with one attached hydrogen (secondary N) is 2. The summed E-state index contributed by atoms with van der Waals surface area (Å²) in [6.07, 6.45) is 6.13. The number of hydrogen-bond donors (Lipinski definition) is 2. The van der Waals surface area contributed by atoms with Crippen molar-refractivity contribution in [1.29, 1.82) is 0 Å². The number of amides is 3. The Balaban J connectivity index is 1.53. The Morgan fingerprint density at radius 3 is 2.67 bits per heavy atom. The molecule has 3 amide bonds. The van der Waals surface area contributed by atoms with Crippen LogP contribution in [0.5, 0.6) is 0 Å². The molecule has 1 unspecified atom stereocenters. The van der Waals surface area contributed by atoms with Gasteiger partial charge in [0.25, 0.3) is 5.91 Å². The monoisotopic (exact) mass is 400 g/mol. The van der Waals surface area contributed by atoms with Crippen LogP contribution < -0.4 is 10.6 Å². The van der Waals surface area contributed by atoms with Gasteiger partial charge in [0.2, 0.25) is 11.8 Å². The van der Waals surface area contributed by atoms with Crippen LogP contribution in [0, 0.1) is 5.92 Å². The van der Waals surface area contributed by atoms with Crippen molar-refractivity contribution < 1.29 is 14.4 Å². The number of carbonyl (C=O) groups excluding carboxylic acids is 3. The first-order chi connectivity index (χ1) is 13.0. The molecule has 1 atom stereocenters. The van der Waals surface area contributed by atoms with E-state index in [9.17, 15) is 14.4 Å². The third-order valence-corrected chi connectivity index (χ3v) is 5.16. The SMILES string of the molecule is CSc1ccc(NC(=O)Cc2csc(NC(=O)C3C=CC(=O)N=C3)n2)cc1. The molecule has 0 spiro atoms. The summed E-state index contributed by atoms with van der Waals surface area (Å²) in [7, 11) is 0. The van der Waals surface area contributed by atoms with Crippen molar-refractivity contribution in [3.05, 3.63) is 47.5 Å². The molecule has 0 radical (unpaired) electrons. The van der Waals surface area contributed by atoms with Gasteiger partial charge in [0.05, 0.1) is 18.0 Å². The van der Waals surface area contributed by atoms with Crippen LogP contribution in [0.25, 0.3) is 0 Å². The molecule has 1 aliphatic rings. The van der Waals surface area contributed by atoms with E-state index in [2.05, 4.69) is 20.6 Å². The van der Waals surface area contributed by atoms with Crippen LogP contribution in [-0.2, 0) is 20.8 Å². The lowest BCUT2D eigenvalue weighted by molar-refractivity contribution is -0.117. The predicted molar refractivity (Wildman–Crippen MR) is 107 cm³/mol. The number of hydrogen-bond acceptors (Lipinski definition) is 6. The van der Waals surface area contributed by atoms with E-state index in [1.54, 1.807) is 17.1 Å². The molecule has 7 nitrogen and oxygen atoms in total. The Kier molecular flexibility index (Phi) is 6.15. The van der Waals surface area contributed by atoms with E-state index in [-0.39, 0.29) is 24.1 Å². The normalized spacial score (nSPS) is 15.6. The average molecular weight is 400 g/mol. The van der Waals surface area contributed by atoms with E-state index in [4.69, 9.17) is 0 Å². The number of thioether (sulfide) groups is 1. The molecular weight excluding hydrogens is 384 g/mol. The summed E-state index contributed by atoms with van der Waals surface area (Å²) >= 11 is 2.87. The van der Waals surface area contributed by atoms with Gasteiger partial charge in [-0.1, -0.05) is 6.08 Å². The molecule has 0 bridgehead atoms. The standard InChI is InChI=1S/C18H16N4O3S2/c1-26-14-5-3-12(4-6-14)20-16(24)8-13-10-27-18(21-13)22-17(25)11-2-7-15(23)19-9-11/h2-7,9-11H,8H2,1H3,(H,20,24)(H,21,22,25). The lowest BCUT2D eigenvalue weighted by Crippen LogP contribution is -2.24. The number of rotatable bonds is 6. The molecule has 138 valence electrons. The second-order valence-electron chi connectivity index (χ2n) is 5.59. The first-order valence-corrected chi connectivity index (χ1v) is 10.1. The second kappa shape index (κ2) is 8.74. The Hall–Kier alpha value is -2.78. The third-order valence-electron chi connectivity index (χ3n) is 3.61. The van der Waals surface area contributed by atoms with Crippen molar-refractivity contribution in [2.24, 2.45) is 10.9 Å².